The average Bonchev–Trinajstić information content (AvgIpc) is 2.73. The van der Waals surface area contributed by atoms with Gasteiger partial charge in [-0.15, -0.1) is 0 Å². The summed E-state index contributed by atoms with van der Waals surface area (Å²) >= 11 is 0. The van der Waals surface area contributed by atoms with Crippen molar-refractivity contribution in [3.63, 3.8) is 0 Å². The average molecular weight is 356 g/mol. The molecular formula is C23H22N3O+. The van der Waals surface area contributed by atoms with E-state index in [1.54, 1.807) is 6.07 Å². The maximum absolute atomic E-state index is 12.4. The zero-order chi connectivity index (χ0) is 18.6. The minimum absolute atomic E-state index is 0.00674. The lowest BCUT2D eigenvalue weighted by molar-refractivity contribution is -0.724. The van der Waals surface area contributed by atoms with Crippen LogP contribution in [0.3, 0.4) is 0 Å². The number of fused-ring (bicyclic) bond motifs is 1. The molecule has 134 valence electrons. The zero-order valence-electron chi connectivity index (χ0n) is 15.2. The number of nitrogens with two attached hydrogens (primary N) is 1. The van der Waals surface area contributed by atoms with Gasteiger partial charge in [-0.3, -0.25) is 4.79 Å². The van der Waals surface area contributed by atoms with Crippen molar-refractivity contribution in [3.05, 3.63) is 112 Å². The number of para-hydroxylation sites is 1. The highest BCUT2D eigenvalue weighted by Crippen LogP contribution is 2.19. The second kappa shape index (κ2) is 7.56. The van der Waals surface area contributed by atoms with Crippen LogP contribution in [0.15, 0.2) is 89.7 Å². The summed E-state index contributed by atoms with van der Waals surface area (Å²) in [4.78, 5) is 20.1. The first-order valence-electron chi connectivity index (χ1n) is 9.16. The van der Waals surface area contributed by atoms with Crippen LogP contribution in [0.2, 0.25) is 0 Å². The first-order chi connectivity index (χ1) is 13.2. The summed E-state index contributed by atoms with van der Waals surface area (Å²) in [6.07, 6.45) is 0. The van der Waals surface area contributed by atoms with Crippen molar-refractivity contribution < 1.29 is 5.32 Å². The largest absolute Gasteiger partial charge is 0.328 e. The molecule has 0 aliphatic heterocycles. The number of hydrogen-bond acceptors (Lipinski definition) is 2. The molecule has 4 heteroatoms. The topological polar surface area (TPSA) is 62.4 Å². The van der Waals surface area contributed by atoms with Gasteiger partial charge in [0.1, 0.15) is 12.1 Å². The van der Waals surface area contributed by atoms with Crippen LogP contribution in [0, 0.1) is 0 Å². The third kappa shape index (κ3) is 3.66. The van der Waals surface area contributed by atoms with E-state index in [4.69, 9.17) is 0 Å². The number of aromatic nitrogens is 2. The smallest absolute Gasteiger partial charge is 0.258 e. The molecule has 1 aromatic heterocycles. The maximum atomic E-state index is 12.4. The number of nitrogens with zero attached hydrogens (tertiary/aromatic N) is 1. The van der Waals surface area contributed by atoms with Gasteiger partial charge in [0.15, 0.2) is 5.82 Å². The van der Waals surface area contributed by atoms with E-state index in [0.717, 1.165) is 5.52 Å². The zero-order valence-corrected chi connectivity index (χ0v) is 15.2. The monoisotopic (exact) mass is 356 g/mol. The Hall–Kier alpha value is -3.24. The summed E-state index contributed by atoms with van der Waals surface area (Å²) in [5.41, 5.74) is 3.08. The molecule has 4 aromatic rings. The Kier molecular flexibility index (Phi) is 4.81. The minimum atomic E-state index is -0.0909. The lowest BCUT2D eigenvalue weighted by atomic mass is 9.98. The van der Waals surface area contributed by atoms with Crippen LogP contribution in [0.5, 0.6) is 0 Å². The van der Waals surface area contributed by atoms with Gasteiger partial charge in [0, 0.05) is 11.1 Å². The Bertz CT molecular complexity index is 1050. The van der Waals surface area contributed by atoms with Crippen molar-refractivity contribution in [2.24, 2.45) is 0 Å². The van der Waals surface area contributed by atoms with E-state index in [-0.39, 0.29) is 17.6 Å². The molecule has 0 fully saturated rings. The summed E-state index contributed by atoms with van der Waals surface area (Å²) in [6.45, 7) is 2.08. The SMILES string of the molecule is C[C@@H]([NH2+]C(c1ccccc1)c1ccccc1)c1nc2ccccc2c(=O)[nH]1. The molecule has 0 saturated carbocycles. The summed E-state index contributed by atoms with van der Waals surface area (Å²) < 4.78 is 0. The predicted molar refractivity (Wildman–Crippen MR) is 107 cm³/mol. The molecule has 4 rings (SSSR count). The van der Waals surface area contributed by atoms with E-state index in [2.05, 4.69) is 70.7 Å². The highest BCUT2D eigenvalue weighted by Gasteiger charge is 2.23. The first kappa shape index (κ1) is 17.2. The van der Waals surface area contributed by atoms with Gasteiger partial charge in [0.25, 0.3) is 5.56 Å². The van der Waals surface area contributed by atoms with Gasteiger partial charge < -0.3 is 10.3 Å². The third-order valence-corrected chi connectivity index (χ3v) is 4.86. The van der Waals surface area contributed by atoms with Crippen LogP contribution >= 0.6 is 0 Å². The van der Waals surface area contributed by atoms with Gasteiger partial charge in [-0.1, -0.05) is 72.8 Å². The second-order valence-corrected chi connectivity index (χ2v) is 6.75. The molecule has 0 aliphatic carbocycles. The first-order valence-corrected chi connectivity index (χ1v) is 9.16. The Morgan fingerprint density at radius 1 is 0.815 bits per heavy atom. The molecule has 3 N–H and O–H groups in total. The molecule has 0 amide bonds. The van der Waals surface area contributed by atoms with E-state index in [0.29, 0.717) is 11.2 Å². The number of rotatable bonds is 5. The predicted octanol–water partition coefficient (Wildman–Crippen LogP) is 3.34. The van der Waals surface area contributed by atoms with Gasteiger partial charge in [-0.25, -0.2) is 4.98 Å². The molecule has 1 heterocycles. The molecule has 27 heavy (non-hydrogen) atoms. The quantitative estimate of drug-likeness (QED) is 0.576. The van der Waals surface area contributed by atoms with Crippen molar-refractivity contribution >= 4 is 10.9 Å². The summed E-state index contributed by atoms with van der Waals surface area (Å²) in [6, 6.07) is 28.4. The number of nitrogens with one attached hydrogen (secondary N) is 1. The van der Waals surface area contributed by atoms with Crippen LogP contribution in [0.25, 0.3) is 10.9 Å². The van der Waals surface area contributed by atoms with Crippen LogP contribution in [-0.4, -0.2) is 9.97 Å². The Morgan fingerprint density at radius 2 is 1.37 bits per heavy atom. The van der Waals surface area contributed by atoms with Crippen LogP contribution < -0.4 is 10.9 Å². The summed E-state index contributed by atoms with van der Waals surface area (Å²) in [5, 5.41) is 2.87. The standard InChI is InChI=1S/C23H21N3O/c1-16(22-25-20-15-9-8-14-19(20)23(27)26-22)24-21(17-10-4-2-5-11-17)18-12-6-3-7-13-18/h2-16,21,24H,1H3,(H,25,26,27)/p+1/t16-/m1/s1. The third-order valence-electron chi connectivity index (χ3n) is 4.86. The molecule has 0 aliphatic rings. The van der Waals surface area contributed by atoms with Crippen molar-refractivity contribution in [1.82, 2.24) is 9.97 Å². The van der Waals surface area contributed by atoms with Crippen molar-refractivity contribution in [1.29, 1.82) is 0 Å². The van der Waals surface area contributed by atoms with Crippen LogP contribution in [-0.2, 0) is 0 Å². The number of aromatic amines is 1. The van der Waals surface area contributed by atoms with Crippen molar-refractivity contribution in [3.8, 4) is 0 Å². The van der Waals surface area contributed by atoms with Crippen molar-refractivity contribution in [2.45, 2.75) is 19.0 Å². The minimum Gasteiger partial charge on any atom is -0.328 e. The molecule has 0 saturated heterocycles. The number of H-pyrrole nitrogens is 1. The molecule has 3 aromatic carbocycles. The van der Waals surface area contributed by atoms with E-state index < -0.39 is 0 Å². The number of benzene rings is 3. The van der Waals surface area contributed by atoms with Gasteiger partial charge in [-0.2, -0.15) is 0 Å². The summed E-state index contributed by atoms with van der Waals surface area (Å²) in [7, 11) is 0. The highest BCUT2D eigenvalue weighted by molar-refractivity contribution is 5.77. The highest BCUT2D eigenvalue weighted by atomic mass is 16.1. The molecule has 4 nitrogen and oxygen atoms in total. The normalized spacial score (nSPS) is 12.4. The van der Waals surface area contributed by atoms with E-state index in [9.17, 15) is 4.79 Å². The lowest BCUT2D eigenvalue weighted by Gasteiger charge is -2.20. The Morgan fingerprint density at radius 3 is 2.00 bits per heavy atom. The van der Waals surface area contributed by atoms with E-state index in [1.165, 1.54) is 11.1 Å². The molecular weight excluding hydrogens is 334 g/mol. The van der Waals surface area contributed by atoms with Gasteiger partial charge in [-0.05, 0) is 19.1 Å². The fourth-order valence-corrected chi connectivity index (χ4v) is 3.44. The fraction of sp³-hybridized carbons (Fsp3) is 0.130. The maximum Gasteiger partial charge on any atom is 0.258 e. The number of hydrogen-bond donors (Lipinski definition) is 2. The van der Waals surface area contributed by atoms with E-state index >= 15 is 0 Å². The Labute approximate surface area is 157 Å². The molecule has 0 unspecified atom stereocenters. The molecule has 0 spiro atoms. The fourth-order valence-electron chi connectivity index (χ4n) is 3.44. The van der Waals surface area contributed by atoms with Crippen LogP contribution in [0.1, 0.15) is 36.0 Å². The Balaban J connectivity index is 1.70. The molecule has 0 bridgehead atoms. The van der Waals surface area contributed by atoms with Crippen molar-refractivity contribution in [2.75, 3.05) is 0 Å². The van der Waals surface area contributed by atoms with Gasteiger partial charge in [0.2, 0.25) is 0 Å². The van der Waals surface area contributed by atoms with Gasteiger partial charge >= 0.3 is 0 Å². The summed E-state index contributed by atoms with van der Waals surface area (Å²) in [5.74, 6) is 0.690. The molecule has 0 radical (unpaired) electrons. The molecule has 1 atom stereocenters. The second-order valence-electron chi connectivity index (χ2n) is 6.75. The van der Waals surface area contributed by atoms with E-state index in [1.807, 2.05) is 30.3 Å². The number of quaternary nitrogens is 1. The van der Waals surface area contributed by atoms with Gasteiger partial charge in [0.05, 0.1) is 10.9 Å². The lowest BCUT2D eigenvalue weighted by Crippen LogP contribution is -2.86. The van der Waals surface area contributed by atoms with Crippen LogP contribution in [0.4, 0.5) is 0 Å².